The lowest BCUT2D eigenvalue weighted by Gasteiger charge is -2.18. The fourth-order valence-corrected chi connectivity index (χ4v) is 2.58. The molecule has 1 N–H and O–H groups in total. The Balaban J connectivity index is 2.16. The van der Waals surface area contributed by atoms with Crippen molar-refractivity contribution in [2.24, 2.45) is 0 Å². The molecule has 4 nitrogen and oxygen atoms in total. The van der Waals surface area contributed by atoms with Gasteiger partial charge in [0.25, 0.3) is 5.91 Å². The van der Waals surface area contributed by atoms with Gasteiger partial charge in [-0.15, -0.1) is 0 Å². The maximum absolute atomic E-state index is 12.4. The molecule has 0 fully saturated rings. The highest BCUT2D eigenvalue weighted by Gasteiger charge is 2.15. The van der Waals surface area contributed by atoms with Crippen molar-refractivity contribution < 1.29 is 4.79 Å². The van der Waals surface area contributed by atoms with Gasteiger partial charge in [0, 0.05) is 31.3 Å². The van der Waals surface area contributed by atoms with Crippen LogP contribution in [0.1, 0.15) is 15.9 Å². The number of carbonyl (C=O) groups excluding carboxylic acids is 1. The summed E-state index contributed by atoms with van der Waals surface area (Å²) in [7, 11) is 3.48. The normalized spacial score (nSPS) is 10.3. The Morgan fingerprint density at radius 2 is 2.14 bits per heavy atom. The lowest BCUT2D eigenvalue weighted by Crippen LogP contribution is -2.26. The van der Waals surface area contributed by atoms with E-state index in [-0.39, 0.29) is 5.91 Å². The second-order valence-corrected chi connectivity index (χ2v) is 5.82. The molecule has 0 aliphatic carbocycles. The Labute approximate surface area is 137 Å². The van der Waals surface area contributed by atoms with E-state index < -0.39 is 0 Å². The van der Waals surface area contributed by atoms with Crippen molar-refractivity contribution in [2.45, 2.75) is 6.54 Å². The van der Waals surface area contributed by atoms with Crippen LogP contribution in [0.4, 0.5) is 5.82 Å². The second-order valence-electron chi connectivity index (χ2n) is 4.56. The summed E-state index contributed by atoms with van der Waals surface area (Å²) in [6.07, 6.45) is 1.52. The Hall–Kier alpha value is -1.59. The Kier molecular flexibility index (Phi) is 5.20. The third kappa shape index (κ3) is 3.74. The van der Waals surface area contributed by atoms with E-state index in [9.17, 15) is 4.79 Å². The summed E-state index contributed by atoms with van der Waals surface area (Å²) in [5.74, 6) is 0.435. The molecule has 21 heavy (non-hydrogen) atoms. The van der Waals surface area contributed by atoms with Crippen molar-refractivity contribution in [3.63, 3.8) is 0 Å². The largest absolute Gasteiger partial charge is 0.372 e. The first kappa shape index (κ1) is 15.8. The van der Waals surface area contributed by atoms with Crippen LogP contribution in [0.15, 0.2) is 41.0 Å². The van der Waals surface area contributed by atoms with Crippen molar-refractivity contribution in [3.8, 4) is 0 Å². The molecule has 1 aromatic heterocycles. The van der Waals surface area contributed by atoms with E-state index in [2.05, 4.69) is 26.2 Å². The number of hydrogen-bond donors (Lipinski definition) is 1. The third-order valence-electron chi connectivity index (χ3n) is 3.04. The number of halogens is 2. The summed E-state index contributed by atoms with van der Waals surface area (Å²) in [6, 6.07) is 9.43. The van der Waals surface area contributed by atoms with E-state index in [1.807, 2.05) is 24.3 Å². The fourth-order valence-electron chi connectivity index (χ4n) is 1.91. The SMILES string of the molecule is CNc1ncc(C(=O)N(C)Cc2ccccc2Br)cc1Cl. The van der Waals surface area contributed by atoms with Gasteiger partial charge < -0.3 is 10.2 Å². The minimum Gasteiger partial charge on any atom is -0.372 e. The number of aromatic nitrogens is 1. The number of anilines is 1. The molecule has 0 unspecified atom stereocenters. The van der Waals surface area contributed by atoms with E-state index in [0.29, 0.717) is 22.9 Å². The molecule has 0 spiro atoms. The number of rotatable bonds is 4. The van der Waals surface area contributed by atoms with Crippen molar-refractivity contribution in [1.29, 1.82) is 0 Å². The van der Waals surface area contributed by atoms with Gasteiger partial charge in [-0.25, -0.2) is 4.98 Å². The minimum absolute atomic E-state index is 0.122. The number of amides is 1. The maximum atomic E-state index is 12.4. The molecular formula is C15H15BrClN3O. The van der Waals surface area contributed by atoms with Gasteiger partial charge in [0.15, 0.2) is 0 Å². The molecule has 2 rings (SSSR count). The number of carbonyl (C=O) groups is 1. The van der Waals surface area contributed by atoms with E-state index in [0.717, 1.165) is 10.0 Å². The van der Waals surface area contributed by atoms with Crippen LogP contribution in [0.25, 0.3) is 0 Å². The van der Waals surface area contributed by atoms with Gasteiger partial charge in [-0.1, -0.05) is 45.7 Å². The summed E-state index contributed by atoms with van der Waals surface area (Å²) in [5.41, 5.74) is 1.51. The molecule has 6 heteroatoms. The zero-order valence-electron chi connectivity index (χ0n) is 11.7. The van der Waals surface area contributed by atoms with Gasteiger partial charge in [0.05, 0.1) is 10.6 Å². The van der Waals surface area contributed by atoms with Crippen molar-refractivity contribution in [3.05, 3.63) is 57.2 Å². The van der Waals surface area contributed by atoms with E-state index >= 15 is 0 Å². The predicted octanol–water partition coefficient (Wildman–Crippen LogP) is 3.81. The highest BCUT2D eigenvalue weighted by Crippen LogP contribution is 2.21. The third-order valence-corrected chi connectivity index (χ3v) is 4.10. The Morgan fingerprint density at radius 3 is 2.76 bits per heavy atom. The Morgan fingerprint density at radius 1 is 1.43 bits per heavy atom. The van der Waals surface area contributed by atoms with Crippen LogP contribution in [-0.4, -0.2) is 29.9 Å². The summed E-state index contributed by atoms with van der Waals surface area (Å²) in [5, 5.41) is 3.29. The Bertz CT molecular complexity index is 663. The molecule has 0 bridgehead atoms. The summed E-state index contributed by atoms with van der Waals surface area (Å²) in [6.45, 7) is 0.506. The first-order chi connectivity index (χ1) is 10.0. The van der Waals surface area contributed by atoms with Gasteiger partial charge in [-0.2, -0.15) is 0 Å². The van der Waals surface area contributed by atoms with Crippen LogP contribution in [0.5, 0.6) is 0 Å². The number of hydrogen-bond acceptors (Lipinski definition) is 3. The molecule has 0 radical (unpaired) electrons. The molecule has 110 valence electrons. The van der Waals surface area contributed by atoms with E-state index in [1.165, 1.54) is 6.20 Å². The molecule has 0 saturated carbocycles. The first-order valence-corrected chi connectivity index (χ1v) is 7.52. The molecule has 1 heterocycles. The summed E-state index contributed by atoms with van der Waals surface area (Å²) < 4.78 is 0.978. The van der Waals surface area contributed by atoms with Crippen LogP contribution < -0.4 is 5.32 Å². The van der Waals surface area contributed by atoms with Crippen LogP contribution in [-0.2, 0) is 6.54 Å². The van der Waals surface area contributed by atoms with Crippen molar-refractivity contribution in [2.75, 3.05) is 19.4 Å². The molecule has 1 aromatic carbocycles. The second kappa shape index (κ2) is 6.91. The van der Waals surface area contributed by atoms with Crippen LogP contribution in [0.2, 0.25) is 5.02 Å². The number of nitrogens with zero attached hydrogens (tertiary/aromatic N) is 2. The van der Waals surface area contributed by atoms with Gasteiger partial charge in [-0.3, -0.25) is 4.79 Å². The summed E-state index contributed by atoms with van der Waals surface area (Å²) >= 11 is 9.54. The zero-order valence-corrected chi connectivity index (χ0v) is 14.1. The van der Waals surface area contributed by atoms with E-state index in [4.69, 9.17) is 11.6 Å². The minimum atomic E-state index is -0.122. The number of nitrogens with one attached hydrogen (secondary N) is 1. The highest BCUT2D eigenvalue weighted by atomic mass is 79.9. The monoisotopic (exact) mass is 367 g/mol. The topological polar surface area (TPSA) is 45.2 Å². The molecule has 0 atom stereocenters. The average Bonchev–Trinajstić information content (AvgIpc) is 2.48. The lowest BCUT2D eigenvalue weighted by atomic mass is 10.2. The quantitative estimate of drug-likeness (QED) is 0.892. The molecule has 0 saturated heterocycles. The lowest BCUT2D eigenvalue weighted by molar-refractivity contribution is 0.0784. The van der Waals surface area contributed by atoms with Crippen LogP contribution >= 0.6 is 27.5 Å². The average molecular weight is 369 g/mol. The van der Waals surface area contributed by atoms with Gasteiger partial charge >= 0.3 is 0 Å². The number of pyridine rings is 1. The van der Waals surface area contributed by atoms with Crippen LogP contribution in [0.3, 0.4) is 0 Å². The predicted molar refractivity (Wildman–Crippen MR) is 88.7 cm³/mol. The molecule has 0 aliphatic rings. The highest BCUT2D eigenvalue weighted by molar-refractivity contribution is 9.10. The molecule has 1 amide bonds. The fraction of sp³-hybridized carbons (Fsp3) is 0.200. The summed E-state index contributed by atoms with van der Waals surface area (Å²) in [4.78, 5) is 18.2. The van der Waals surface area contributed by atoms with Crippen molar-refractivity contribution in [1.82, 2.24) is 9.88 Å². The smallest absolute Gasteiger partial charge is 0.255 e. The van der Waals surface area contributed by atoms with Gasteiger partial charge in [0.2, 0.25) is 0 Å². The molecular weight excluding hydrogens is 354 g/mol. The van der Waals surface area contributed by atoms with Gasteiger partial charge in [0.1, 0.15) is 5.82 Å². The number of benzene rings is 1. The first-order valence-electron chi connectivity index (χ1n) is 6.35. The molecule has 2 aromatic rings. The van der Waals surface area contributed by atoms with Gasteiger partial charge in [-0.05, 0) is 17.7 Å². The maximum Gasteiger partial charge on any atom is 0.255 e. The molecule has 0 aliphatic heterocycles. The van der Waals surface area contributed by atoms with Crippen molar-refractivity contribution >= 4 is 39.3 Å². The zero-order chi connectivity index (χ0) is 15.4. The van der Waals surface area contributed by atoms with E-state index in [1.54, 1.807) is 25.1 Å². The standard InChI is InChI=1S/C15H15BrClN3O/c1-18-14-13(17)7-11(8-19-14)15(21)20(2)9-10-5-3-4-6-12(10)16/h3-8H,9H2,1-2H3,(H,18,19). The van der Waals surface area contributed by atoms with Crippen LogP contribution in [0, 0.1) is 0 Å².